The number of nitrogens with zero attached hydrogens (tertiary/aromatic N) is 4. The summed E-state index contributed by atoms with van der Waals surface area (Å²) in [7, 11) is 0. The first-order chi connectivity index (χ1) is 15.7. The minimum absolute atomic E-state index is 0.0915. The van der Waals surface area contributed by atoms with Crippen LogP contribution in [0.4, 0.5) is 5.13 Å². The van der Waals surface area contributed by atoms with E-state index in [1.807, 2.05) is 60.8 Å². The maximum atomic E-state index is 12.9. The summed E-state index contributed by atoms with van der Waals surface area (Å²) >= 11 is 2.87. The smallest absolute Gasteiger partial charge is 0.239 e. The highest BCUT2D eigenvalue weighted by atomic mass is 32.2. The fraction of sp³-hybridized carbons (Fsp3) is 0.250. The van der Waals surface area contributed by atoms with E-state index < -0.39 is 0 Å². The highest BCUT2D eigenvalue weighted by molar-refractivity contribution is 8.00. The molecule has 2 aromatic heterocycles. The quantitative estimate of drug-likeness (QED) is 0.353. The maximum absolute atomic E-state index is 12.9. The number of amides is 1. The number of hydrogen-bond acceptors (Lipinski definition) is 6. The molecule has 6 nitrogen and oxygen atoms in total. The predicted octanol–water partition coefficient (Wildman–Crippen LogP) is 5.45. The Balaban J connectivity index is 1.28. The van der Waals surface area contributed by atoms with E-state index in [0.29, 0.717) is 17.6 Å². The normalized spacial score (nSPS) is 14.3. The number of anilines is 1. The molecule has 0 radical (unpaired) electrons. The summed E-state index contributed by atoms with van der Waals surface area (Å²) in [5.74, 6) is 1.42. The maximum Gasteiger partial charge on any atom is 0.239 e. The average molecular weight is 462 g/mol. The molecular formula is C24H23N5OS2. The van der Waals surface area contributed by atoms with Crippen LogP contribution in [0.1, 0.15) is 37.1 Å². The lowest BCUT2D eigenvalue weighted by molar-refractivity contribution is -0.115. The molecule has 0 aliphatic heterocycles. The molecule has 2 aromatic carbocycles. The minimum Gasteiger partial charge on any atom is -0.301 e. The number of rotatable bonds is 8. The Morgan fingerprint density at radius 3 is 2.56 bits per heavy atom. The number of hydrogen-bond donors (Lipinski definition) is 1. The van der Waals surface area contributed by atoms with Crippen LogP contribution in [0.15, 0.2) is 71.2 Å². The Kier molecular flexibility index (Phi) is 6.05. The molecule has 1 unspecified atom stereocenters. The zero-order chi connectivity index (χ0) is 21.9. The van der Waals surface area contributed by atoms with Gasteiger partial charge in [-0.1, -0.05) is 72.4 Å². The molecule has 1 aliphatic rings. The molecule has 0 spiro atoms. The van der Waals surface area contributed by atoms with Gasteiger partial charge < -0.3 is 9.88 Å². The van der Waals surface area contributed by atoms with Gasteiger partial charge in [0.15, 0.2) is 10.3 Å². The zero-order valence-electron chi connectivity index (χ0n) is 17.6. The van der Waals surface area contributed by atoms with Crippen molar-refractivity contribution in [1.29, 1.82) is 0 Å². The highest BCUT2D eigenvalue weighted by Crippen LogP contribution is 2.40. The van der Waals surface area contributed by atoms with Crippen LogP contribution in [-0.4, -0.2) is 30.9 Å². The van der Waals surface area contributed by atoms with Crippen LogP contribution in [0.2, 0.25) is 0 Å². The lowest BCUT2D eigenvalue weighted by atomic mass is 10.2. The van der Waals surface area contributed by atoms with Crippen LogP contribution >= 0.6 is 23.1 Å². The topological polar surface area (TPSA) is 72.7 Å². The van der Waals surface area contributed by atoms with E-state index in [9.17, 15) is 4.79 Å². The second kappa shape index (κ2) is 9.26. The molecule has 32 heavy (non-hydrogen) atoms. The van der Waals surface area contributed by atoms with Gasteiger partial charge in [0.05, 0.1) is 17.5 Å². The van der Waals surface area contributed by atoms with Crippen molar-refractivity contribution < 1.29 is 4.79 Å². The molecule has 1 atom stereocenters. The van der Waals surface area contributed by atoms with Gasteiger partial charge in [-0.2, -0.15) is 0 Å². The number of thiazole rings is 1. The third kappa shape index (κ3) is 4.76. The van der Waals surface area contributed by atoms with Gasteiger partial charge in [0.2, 0.25) is 5.91 Å². The SMILES string of the molecule is CC(Sc1nnc(C2CC2)n1Cc1ccccc1)C(=O)Nc1nc(-c2ccccc2)cs1. The van der Waals surface area contributed by atoms with Gasteiger partial charge >= 0.3 is 0 Å². The summed E-state index contributed by atoms with van der Waals surface area (Å²) in [4.78, 5) is 17.4. The largest absolute Gasteiger partial charge is 0.301 e. The van der Waals surface area contributed by atoms with Crippen LogP contribution in [0.5, 0.6) is 0 Å². The zero-order valence-corrected chi connectivity index (χ0v) is 19.3. The lowest BCUT2D eigenvalue weighted by Gasteiger charge is -2.13. The van der Waals surface area contributed by atoms with Gasteiger partial charge in [0.1, 0.15) is 5.82 Å². The molecule has 1 aliphatic carbocycles. The Hall–Kier alpha value is -2.97. The van der Waals surface area contributed by atoms with Crippen molar-refractivity contribution >= 4 is 34.1 Å². The van der Waals surface area contributed by atoms with E-state index in [-0.39, 0.29) is 11.2 Å². The molecule has 5 rings (SSSR count). The molecule has 0 saturated heterocycles. The first kappa shape index (κ1) is 20.9. The first-order valence-corrected chi connectivity index (χ1v) is 12.4. The second-order valence-electron chi connectivity index (χ2n) is 7.84. The standard InChI is InChI=1S/C24H23N5OS2/c1-16(22(30)26-23-25-20(15-31-23)18-10-6-3-7-11-18)32-24-28-27-21(19-12-13-19)29(24)14-17-8-4-2-5-9-17/h2-11,15-16,19H,12-14H2,1H3,(H,25,26,30). The van der Waals surface area contributed by atoms with Gasteiger partial charge in [-0.3, -0.25) is 4.79 Å². The average Bonchev–Trinajstić information content (AvgIpc) is 3.44. The molecule has 4 aromatic rings. The van der Waals surface area contributed by atoms with Gasteiger partial charge in [0, 0.05) is 16.9 Å². The predicted molar refractivity (Wildman–Crippen MR) is 129 cm³/mol. The van der Waals surface area contributed by atoms with Gasteiger partial charge in [-0.15, -0.1) is 21.5 Å². The minimum atomic E-state index is -0.329. The van der Waals surface area contributed by atoms with Crippen LogP contribution in [0, 0.1) is 0 Å². The third-order valence-corrected chi connectivity index (χ3v) is 7.16. The van der Waals surface area contributed by atoms with Crippen LogP contribution < -0.4 is 5.32 Å². The van der Waals surface area contributed by atoms with E-state index in [0.717, 1.165) is 35.1 Å². The van der Waals surface area contributed by atoms with Crippen LogP contribution in [-0.2, 0) is 11.3 Å². The van der Waals surface area contributed by atoms with Gasteiger partial charge in [0.25, 0.3) is 0 Å². The summed E-state index contributed by atoms with van der Waals surface area (Å²) in [6, 6.07) is 20.3. The molecule has 0 bridgehead atoms. The van der Waals surface area contributed by atoms with Gasteiger partial charge in [-0.05, 0) is 25.3 Å². The van der Waals surface area contributed by atoms with Crippen molar-refractivity contribution in [2.75, 3.05) is 5.32 Å². The molecule has 1 N–H and O–H groups in total. The number of thioether (sulfide) groups is 1. The second-order valence-corrected chi connectivity index (χ2v) is 10.0. The Morgan fingerprint density at radius 2 is 1.84 bits per heavy atom. The Bertz CT molecular complexity index is 1200. The highest BCUT2D eigenvalue weighted by Gasteiger charge is 2.31. The number of benzene rings is 2. The third-order valence-electron chi connectivity index (χ3n) is 5.33. The Morgan fingerprint density at radius 1 is 1.12 bits per heavy atom. The fourth-order valence-corrected chi connectivity index (χ4v) is 5.01. The Labute approximate surface area is 195 Å². The molecule has 8 heteroatoms. The van der Waals surface area contributed by atoms with E-state index in [1.54, 1.807) is 0 Å². The summed E-state index contributed by atoms with van der Waals surface area (Å²) in [6.45, 7) is 2.60. The van der Waals surface area contributed by atoms with Crippen LogP contribution in [0.25, 0.3) is 11.3 Å². The van der Waals surface area contributed by atoms with Crippen molar-refractivity contribution in [2.24, 2.45) is 0 Å². The first-order valence-electron chi connectivity index (χ1n) is 10.6. The van der Waals surface area contributed by atoms with Crippen molar-refractivity contribution in [1.82, 2.24) is 19.7 Å². The molecule has 1 amide bonds. The molecular weight excluding hydrogens is 438 g/mol. The van der Waals surface area contributed by atoms with Crippen molar-refractivity contribution in [3.63, 3.8) is 0 Å². The fourth-order valence-electron chi connectivity index (χ4n) is 3.44. The van der Waals surface area contributed by atoms with E-state index >= 15 is 0 Å². The van der Waals surface area contributed by atoms with E-state index in [1.165, 1.54) is 28.7 Å². The van der Waals surface area contributed by atoms with E-state index in [4.69, 9.17) is 0 Å². The summed E-state index contributed by atoms with van der Waals surface area (Å²) in [6.07, 6.45) is 2.31. The summed E-state index contributed by atoms with van der Waals surface area (Å²) < 4.78 is 2.17. The molecule has 2 heterocycles. The van der Waals surface area contributed by atoms with E-state index in [2.05, 4.69) is 37.2 Å². The molecule has 1 saturated carbocycles. The summed E-state index contributed by atoms with van der Waals surface area (Å²) in [5.41, 5.74) is 3.10. The number of carbonyl (C=O) groups is 1. The summed E-state index contributed by atoms with van der Waals surface area (Å²) in [5, 5.41) is 14.9. The number of aromatic nitrogens is 4. The van der Waals surface area contributed by atoms with Gasteiger partial charge in [-0.25, -0.2) is 4.98 Å². The number of carbonyl (C=O) groups excluding carboxylic acids is 1. The molecule has 1 fully saturated rings. The lowest BCUT2D eigenvalue weighted by Crippen LogP contribution is -2.23. The monoisotopic (exact) mass is 461 g/mol. The molecule has 162 valence electrons. The number of nitrogens with one attached hydrogen (secondary N) is 1. The van der Waals surface area contributed by atoms with Crippen LogP contribution in [0.3, 0.4) is 0 Å². The van der Waals surface area contributed by atoms with Crippen molar-refractivity contribution in [2.45, 2.75) is 42.6 Å². The van der Waals surface area contributed by atoms with Crippen molar-refractivity contribution in [3.8, 4) is 11.3 Å². The van der Waals surface area contributed by atoms with Crippen molar-refractivity contribution in [3.05, 3.63) is 77.4 Å².